The lowest BCUT2D eigenvalue weighted by atomic mass is 10.2. The Hall–Kier alpha value is -0.410. The Morgan fingerprint density at radius 1 is 1.57 bits per heavy atom. The lowest BCUT2D eigenvalue weighted by molar-refractivity contribution is 0.625. The molecule has 0 bridgehead atoms. The molecule has 1 nitrogen and oxygen atoms in total. The minimum atomic E-state index is -0.339. The molecule has 0 spiro atoms. The third-order valence-electron chi connectivity index (χ3n) is 2.19. The molecule has 0 fully saturated rings. The van der Waals surface area contributed by atoms with Gasteiger partial charge >= 0.3 is 0 Å². The zero-order valence-corrected chi connectivity index (χ0v) is 9.38. The number of thioether (sulfide) groups is 1. The predicted molar refractivity (Wildman–Crippen MR) is 59.8 cm³/mol. The van der Waals surface area contributed by atoms with Crippen molar-refractivity contribution in [1.82, 2.24) is 0 Å². The summed E-state index contributed by atoms with van der Waals surface area (Å²) in [5, 5.41) is 3.46. The second-order valence-electron chi connectivity index (χ2n) is 3.56. The normalized spacial score (nSPS) is 20.9. The van der Waals surface area contributed by atoms with Gasteiger partial charge in [0.25, 0.3) is 0 Å². The van der Waals surface area contributed by atoms with Crippen LogP contribution in [0.15, 0.2) is 17.0 Å². The molecule has 14 heavy (non-hydrogen) atoms. The van der Waals surface area contributed by atoms with Gasteiger partial charge in [-0.2, -0.15) is 0 Å². The van der Waals surface area contributed by atoms with Gasteiger partial charge in [0.1, 0.15) is 5.82 Å². The Bertz CT molecular complexity index is 323. The second kappa shape index (κ2) is 3.99. The van der Waals surface area contributed by atoms with E-state index in [1.54, 1.807) is 17.8 Å². The molecule has 1 unspecified atom stereocenters. The first kappa shape index (κ1) is 10.1. The average Bonchev–Trinajstić information content (AvgIpc) is 2.31. The lowest BCUT2D eigenvalue weighted by Gasteiger charge is -2.08. The van der Waals surface area contributed by atoms with Crippen LogP contribution >= 0.6 is 23.4 Å². The summed E-state index contributed by atoms with van der Waals surface area (Å²) in [4.78, 5) is 0.955. The topological polar surface area (TPSA) is 12.0 Å². The van der Waals surface area contributed by atoms with Gasteiger partial charge in [-0.25, -0.2) is 4.39 Å². The average molecular weight is 232 g/mol. The molecular weight excluding hydrogens is 221 g/mol. The Morgan fingerprint density at radius 3 is 3.14 bits per heavy atom. The molecule has 1 aromatic carbocycles. The summed E-state index contributed by atoms with van der Waals surface area (Å²) in [6.07, 6.45) is 0. The van der Waals surface area contributed by atoms with Crippen molar-refractivity contribution in [3.63, 3.8) is 0 Å². The van der Waals surface area contributed by atoms with E-state index in [-0.39, 0.29) is 10.8 Å². The number of benzene rings is 1. The van der Waals surface area contributed by atoms with Crippen molar-refractivity contribution in [2.24, 2.45) is 5.92 Å². The van der Waals surface area contributed by atoms with Crippen molar-refractivity contribution in [3.8, 4) is 0 Å². The fourth-order valence-electron chi connectivity index (χ4n) is 1.36. The van der Waals surface area contributed by atoms with Crippen LogP contribution in [-0.2, 0) is 0 Å². The van der Waals surface area contributed by atoms with Crippen LogP contribution in [-0.4, -0.2) is 12.3 Å². The number of halogens is 2. The summed E-state index contributed by atoms with van der Waals surface area (Å²) < 4.78 is 13.2. The van der Waals surface area contributed by atoms with E-state index in [2.05, 4.69) is 12.2 Å². The first-order chi connectivity index (χ1) is 6.66. The number of hydrogen-bond donors (Lipinski definition) is 1. The Kier molecular flexibility index (Phi) is 2.88. The molecule has 0 aromatic heterocycles. The molecule has 0 amide bonds. The van der Waals surface area contributed by atoms with Gasteiger partial charge in [0.15, 0.2) is 0 Å². The highest BCUT2D eigenvalue weighted by Crippen LogP contribution is 2.35. The van der Waals surface area contributed by atoms with Gasteiger partial charge in [0, 0.05) is 22.9 Å². The van der Waals surface area contributed by atoms with E-state index in [9.17, 15) is 4.39 Å². The van der Waals surface area contributed by atoms with E-state index in [0.29, 0.717) is 5.92 Å². The van der Waals surface area contributed by atoms with Gasteiger partial charge in [0.2, 0.25) is 0 Å². The highest BCUT2D eigenvalue weighted by atomic mass is 35.5. The molecule has 1 aliphatic rings. The molecule has 0 radical (unpaired) electrons. The molecule has 0 saturated carbocycles. The van der Waals surface area contributed by atoms with Crippen molar-refractivity contribution in [2.45, 2.75) is 11.8 Å². The zero-order valence-electron chi connectivity index (χ0n) is 7.81. The predicted octanol–water partition coefficient (Wildman–Crippen LogP) is 3.63. The molecule has 1 heterocycles. The summed E-state index contributed by atoms with van der Waals surface area (Å²) in [6.45, 7) is 3.09. The Labute approximate surface area is 92.0 Å². The van der Waals surface area contributed by atoms with E-state index in [0.717, 1.165) is 22.9 Å². The molecule has 1 aromatic rings. The molecule has 1 atom stereocenters. The molecular formula is C10H11ClFNS. The van der Waals surface area contributed by atoms with Gasteiger partial charge < -0.3 is 5.32 Å². The summed E-state index contributed by atoms with van der Waals surface area (Å²) in [5.41, 5.74) is 0.950. The van der Waals surface area contributed by atoms with Crippen LogP contribution in [0.5, 0.6) is 0 Å². The monoisotopic (exact) mass is 231 g/mol. The lowest BCUT2D eigenvalue weighted by Crippen LogP contribution is -2.10. The molecule has 1 N–H and O–H groups in total. The van der Waals surface area contributed by atoms with Crippen LogP contribution in [0.4, 0.5) is 10.1 Å². The molecule has 0 saturated heterocycles. The number of nitrogens with one attached hydrogen (secondary N) is 1. The molecule has 2 rings (SSSR count). The fourth-order valence-corrected chi connectivity index (χ4v) is 2.58. The zero-order chi connectivity index (χ0) is 10.1. The van der Waals surface area contributed by atoms with Crippen LogP contribution in [0.1, 0.15) is 6.92 Å². The van der Waals surface area contributed by atoms with E-state index in [4.69, 9.17) is 11.6 Å². The second-order valence-corrected chi connectivity index (χ2v) is 5.03. The maximum atomic E-state index is 13.2. The van der Waals surface area contributed by atoms with Crippen LogP contribution in [0.2, 0.25) is 5.02 Å². The Balaban J connectivity index is 2.36. The molecule has 0 aliphatic carbocycles. The first-order valence-electron chi connectivity index (χ1n) is 4.52. The van der Waals surface area contributed by atoms with E-state index >= 15 is 0 Å². The first-order valence-corrected chi connectivity index (χ1v) is 5.89. The number of fused-ring (bicyclic) bond motifs is 1. The smallest absolute Gasteiger partial charge is 0.143 e. The highest BCUT2D eigenvalue weighted by Gasteiger charge is 2.14. The molecule has 1 aliphatic heterocycles. The quantitative estimate of drug-likeness (QED) is 0.732. The Morgan fingerprint density at radius 2 is 2.36 bits per heavy atom. The maximum Gasteiger partial charge on any atom is 0.143 e. The van der Waals surface area contributed by atoms with E-state index < -0.39 is 0 Å². The van der Waals surface area contributed by atoms with Crippen molar-refractivity contribution < 1.29 is 4.39 Å². The number of anilines is 1. The highest BCUT2D eigenvalue weighted by molar-refractivity contribution is 7.99. The minimum absolute atomic E-state index is 0.186. The van der Waals surface area contributed by atoms with Gasteiger partial charge in [-0.05, 0) is 18.1 Å². The standard InChI is InChI=1S/C10H11ClFNS/c1-6-4-13-9-2-7(11)8(12)3-10(9)14-5-6/h2-3,6,13H,4-5H2,1H3. The van der Waals surface area contributed by atoms with Gasteiger partial charge in [-0.3, -0.25) is 0 Å². The van der Waals surface area contributed by atoms with Crippen molar-refractivity contribution in [3.05, 3.63) is 23.0 Å². The maximum absolute atomic E-state index is 13.2. The van der Waals surface area contributed by atoms with Crippen LogP contribution in [0.25, 0.3) is 0 Å². The van der Waals surface area contributed by atoms with Gasteiger partial charge in [-0.1, -0.05) is 18.5 Å². The van der Waals surface area contributed by atoms with Gasteiger partial charge in [0.05, 0.1) is 5.02 Å². The summed E-state index contributed by atoms with van der Waals surface area (Å²) in [7, 11) is 0. The molecule has 76 valence electrons. The SMILES string of the molecule is CC1CNc2cc(Cl)c(F)cc2SC1. The summed E-state index contributed by atoms with van der Waals surface area (Å²) >= 11 is 7.39. The van der Waals surface area contributed by atoms with Crippen molar-refractivity contribution in [2.75, 3.05) is 17.6 Å². The minimum Gasteiger partial charge on any atom is -0.384 e. The van der Waals surface area contributed by atoms with Crippen molar-refractivity contribution in [1.29, 1.82) is 0 Å². The largest absolute Gasteiger partial charge is 0.384 e. The molecule has 4 heteroatoms. The third kappa shape index (κ3) is 1.98. The van der Waals surface area contributed by atoms with Crippen LogP contribution in [0, 0.1) is 11.7 Å². The summed E-state index contributed by atoms with van der Waals surface area (Å²) in [6, 6.07) is 3.17. The number of rotatable bonds is 0. The fraction of sp³-hybridized carbons (Fsp3) is 0.400. The van der Waals surface area contributed by atoms with Crippen LogP contribution < -0.4 is 5.32 Å². The van der Waals surface area contributed by atoms with E-state index in [1.807, 2.05) is 0 Å². The van der Waals surface area contributed by atoms with Crippen LogP contribution in [0.3, 0.4) is 0 Å². The summed E-state index contributed by atoms with van der Waals surface area (Å²) in [5.74, 6) is 1.27. The number of hydrogen-bond acceptors (Lipinski definition) is 2. The third-order valence-corrected chi connectivity index (χ3v) is 3.86. The van der Waals surface area contributed by atoms with Gasteiger partial charge in [-0.15, -0.1) is 11.8 Å². The van der Waals surface area contributed by atoms with E-state index in [1.165, 1.54) is 6.07 Å². The van der Waals surface area contributed by atoms with Crippen molar-refractivity contribution >= 4 is 29.1 Å².